The first kappa shape index (κ1) is 20.2. The zero-order chi connectivity index (χ0) is 21.9. The number of ketones is 1. The van der Waals surface area contributed by atoms with E-state index >= 15 is 0 Å². The van der Waals surface area contributed by atoms with Gasteiger partial charge in [-0.3, -0.25) is 14.9 Å². The van der Waals surface area contributed by atoms with Gasteiger partial charge in [-0.15, -0.1) is 0 Å². The summed E-state index contributed by atoms with van der Waals surface area (Å²) in [5.74, 6) is 0.220. The Bertz CT molecular complexity index is 1240. The molecule has 2 N–H and O–H groups in total. The number of fused-ring (bicyclic) bond motifs is 1. The van der Waals surface area contributed by atoms with Crippen molar-refractivity contribution in [1.82, 2.24) is 10.3 Å². The van der Waals surface area contributed by atoms with Gasteiger partial charge in [0.05, 0.1) is 6.04 Å². The van der Waals surface area contributed by atoms with Crippen molar-refractivity contribution in [2.24, 2.45) is 0 Å². The summed E-state index contributed by atoms with van der Waals surface area (Å²) >= 11 is 0. The standard InChI is InChI=1S/C27H25N3O2/c31-25-11-6-16-30(25)21-14-12-19(13-15-21)17-29-26(20-7-2-1-3-8-20)27(32)23-18-28-24-10-5-4-9-22(23)24/h1-5,7-10,12-15,18,26,28-29H,6,11,16-17H2/t26-/m1/s1. The van der Waals surface area contributed by atoms with Crippen LogP contribution in [0.3, 0.4) is 0 Å². The van der Waals surface area contributed by atoms with Crippen molar-refractivity contribution in [1.29, 1.82) is 0 Å². The van der Waals surface area contributed by atoms with E-state index in [-0.39, 0.29) is 11.7 Å². The molecule has 0 radical (unpaired) electrons. The molecule has 2 heterocycles. The third kappa shape index (κ3) is 3.95. The maximum atomic E-state index is 13.6. The Hall–Kier alpha value is -3.70. The van der Waals surface area contributed by atoms with Crippen molar-refractivity contribution in [3.8, 4) is 0 Å². The van der Waals surface area contributed by atoms with E-state index in [1.165, 1.54) is 0 Å². The highest BCUT2D eigenvalue weighted by molar-refractivity contribution is 6.10. The van der Waals surface area contributed by atoms with Gasteiger partial charge in [0.2, 0.25) is 5.91 Å². The van der Waals surface area contributed by atoms with Crippen LogP contribution in [0.25, 0.3) is 10.9 Å². The highest BCUT2D eigenvalue weighted by Crippen LogP contribution is 2.26. The minimum atomic E-state index is -0.463. The molecule has 1 fully saturated rings. The van der Waals surface area contributed by atoms with Crippen LogP contribution < -0.4 is 10.2 Å². The van der Waals surface area contributed by atoms with Crippen LogP contribution in [0.2, 0.25) is 0 Å². The Labute approximate surface area is 187 Å². The molecule has 1 amide bonds. The summed E-state index contributed by atoms with van der Waals surface area (Å²) in [7, 11) is 0. The van der Waals surface area contributed by atoms with E-state index in [0.717, 1.165) is 40.7 Å². The number of nitrogens with zero attached hydrogens (tertiary/aromatic N) is 1. The highest BCUT2D eigenvalue weighted by atomic mass is 16.2. The monoisotopic (exact) mass is 423 g/mol. The summed E-state index contributed by atoms with van der Waals surface area (Å²) in [6, 6.07) is 25.2. The van der Waals surface area contributed by atoms with Gasteiger partial charge in [-0.1, -0.05) is 60.7 Å². The highest BCUT2D eigenvalue weighted by Gasteiger charge is 2.24. The topological polar surface area (TPSA) is 65.2 Å². The van der Waals surface area contributed by atoms with Crippen LogP contribution in [-0.2, 0) is 11.3 Å². The molecule has 5 rings (SSSR count). The molecule has 0 aliphatic carbocycles. The molecule has 3 aromatic carbocycles. The molecule has 0 spiro atoms. The average molecular weight is 424 g/mol. The van der Waals surface area contributed by atoms with Gasteiger partial charge < -0.3 is 9.88 Å². The second kappa shape index (κ2) is 8.81. The first-order chi connectivity index (χ1) is 15.7. The zero-order valence-corrected chi connectivity index (χ0v) is 17.8. The SMILES string of the molecule is O=C(c1c[nH]c2ccccc12)[C@H](NCc1ccc(N2CCCC2=O)cc1)c1ccccc1. The summed E-state index contributed by atoms with van der Waals surface area (Å²) in [5.41, 5.74) is 4.57. The third-order valence-corrected chi connectivity index (χ3v) is 6.08. The lowest BCUT2D eigenvalue weighted by molar-refractivity contribution is -0.117. The smallest absolute Gasteiger partial charge is 0.227 e. The molecule has 32 heavy (non-hydrogen) atoms. The van der Waals surface area contributed by atoms with Crippen LogP contribution in [-0.4, -0.2) is 23.2 Å². The molecule has 0 saturated carbocycles. The fourth-order valence-corrected chi connectivity index (χ4v) is 4.37. The van der Waals surface area contributed by atoms with Crippen LogP contribution in [0, 0.1) is 0 Å². The van der Waals surface area contributed by atoms with Gasteiger partial charge in [-0.2, -0.15) is 0 Å². The number of hydrogen-bond acceptors (Lipinski definition) is 3. The maximum Gasteiger partial charge on any atom is 0.227 e. The van der Waals surface area contributed by atoms with Crippen molar-refractivity contribution in [2.45, 2.75) is 25.4 Å². The van der Waals surface area contributed by atoms with Crippen molar-refractivity contribution in [3.63, 3.8) is 0 Å². The zero-order valence-electron chi connectivity index (χ0n) is 17.8. The summed E-state index contributed by atoms with van der Waals surface area (Å²) in [6.07, 6.45) is 3.33. The number of carbonyl (C=O) groups excluding carboxylic acids is 2. The van der Waals surface area contributed by atoms with Gasteiger partial charge in [0.15, 0.2) is 5.78 Å². The summed E-state index contributed by atoms with van der Waals surface area (Å²) in [4.78, 5) is 30.6. The molecule has 1 aliphatic heterocycles. The maximum absolute atomic E-state index is 13.6. The molecular formula is C27H25N3O2. The lowest BCUT2D eigenvalue weighted by Gasteiger charge is -2.19. The number of anilines is 1. The molecule has 0 bridgehead atoms. The van der Waals surface area contributed by atoms with E-state index < -0.39 is 6.04 Å². The number of benzene rings is 3. The number of nitrogens with one attached hydrogen (secondary N) is 2. The first-order valence-corrected chi connectivity index (χ1v) is 11.0. The molecule has 5 heteroatoms. The number of hydrogen-bond donors (Lipinski definition) is 2. The van der Waals surface area contributed by atoms with Crippen LogP contribution in [0.15, 0.2) is 85.1 Å². The van der Waals surface area contributed by atoms with Crippen molar-refractivity contribution in [2.75, 3.05) is 11.4 Å². The molecule has 1 saturated heterocycles. The fraction of sp³-hybridized carbons (Fsp3) is 0.185. The van der Waals surface area contributed by atoms with E-state index in [4.69, 9.17) is 0 Å². The predicted octanol–water partition coefficient (Wildman–Crippen LogP) is 5.01. The van der Waals surface area contributed by atoms with E-state index in [1.54, 1.807) is 6.20 Å². The first-order valence-electron chi connectivity index (χ1n) is 11.0. The van der Waals surface area contributed by atoms with E-state index in [9.17, 15) is 9.59 Å². The van der Waals surface area contributed by atoms with Gasteiger partial charge in [0.1, 0.15) is 0 Å². The number of aromatic nitrogens is 1. The lowest BCUT2D eigenvalue weighted by Crippen LogP contribution is -2.28. The number of para-hydroxylation sites is 1. The second-order valence-electron chi connectivity index (χ2n) is 8.15. The van der Waals surface area contributed by atoms with E-state index in [0.29, 0.717) is 18.5 Å². The van der Waals surface area contributed by atoms with E-state index in [1.807, 2.05) is 83.8 Å². The number of H-pyrrole nitrogens is 1. The van der Waals surface area contributed by atoms with Crippen molar-refractivity contribution < 1.29 is 9.59 Å². The molecule has 1 atom stereocenters. The molecule has 1 aliphatic rings. The number of rotatable bonds is 7. The van der Waals surface area contributed by atoms with Gasteiger partial charge in [0.25, 0.3) is 0 Å². The Morgan fingerprint density at radius 1 is 0.969 bits per heavy atom. The van der Waals surface area contributed by atoms with Crippen LogP contribution in [0.4, 0.5) is 5.69 Å². The largest absolute Gasteiger partial charge is 0.360 e. The number of aromatic amines is 1. The number of amides is 1. The lowest BCUT2D eigenvalue weighted by atomic mass is 9.96. The quantitative estimate of drug-likeness (QED) is 0.411. The normalized spacial score (nSPS) is 14.8. The Morgan fingerprint density at radius 3 is 2.47 bits per heavy atom. The fourth-order valence-electron chi connectivity index (χ4n) is 4.37. The van der Waals surface area contributed by atoms with Gasteiger partial charge in [-0.25, -0.2) is 0 Å². The second-order valence-corrected chi connectivity index (χ2v) is 8.15. The van der Waals surface area contributed by atoms with Gasteiger partial charge >= 0.3 is 0 Å². The minimum Gasteiger partial charge on any atom is -0.360 e. The van der Waals surface area contributed by atoms with E-state index in [2.05, 4.69) is 10.3 Å². The minimum absolute atomic E-state index is 0.0351. The summed E-state index contributed by atoms with van der Waals surface area (Å²) < 4.78 is 0. The molecule has 4 aromatic rings. The third-order valence-electron chi connectivity index (χ3n) is 6.08. The Balaban J connectivity index is 1.37. The van der Waals surface area contributed by atoms with Crippen LogP contribution in [0.5, 0.6) is 0 Å². The average Bonchev–Trinajstić information content (AvgIpc) is 3.46. The molecule has 1 aromatic heterocycles. The summed E-state index contributed by atoms with van der Waals surface area (Å²) in [5, 5.41) is 4.39. The van der Waals surface area contributed by atoms with Crippen molar-refractivity contribution in [3.05, 3.63) is 102 Å². The van der Waals surface area contributed by atoms with Crippen molar-refractivity contribution >= 4 is 28.3 Å². The number of Topliss-reactive ketones (excluding diaryl/α,β-unsaturated/α-hetero) is 1. The molecule has 5 nitrogen and oxygen atoms in total. The Morgan fingerprint density at radius 2 is 1.72 bits per heavy atom. The molecule has 0 unspecified atom stereocenters. The number of carbonyl (C=O) groups is 2. The van der Waals surface area contributed by atoms with Crippen LogP contribution in [0.1, 0.15) is 40.4 Å². The Kier molecular flexibility index (Phi) is 5.57. The molecular weight excluding hydrogens is 398 g/mol. The van der Waals surface area contributed by atoms with Gasteiger partial charge in [0, 0.05) is 47.9 Å². The molecule has 160 valence electrons. The van der Waals surface area contributed by atoms with Crippen LogP contribution >= 0.6 is 0 Å². The predicted molar refractivity (Wildman–Crippen MR) is 127 cm³/mol. The van der Waals surface area contributed by atoms with Gasteiger partial charge in [-0.05, 0) is 35.7 Å². The summed E-state index contributed by atoms with van der Waals surface area (Å²) in [6.45, 7) is 1.33.